The zero-order valence-corrected chi connectivity index (χ0v) is 15.3. The number of hydrogen-bond acceptors (Lipinski definition) is 5. The Labute approximate surface area is 161 Å². The first-order chi connectivity index (χ1) is 13.4. The molecular weight excluding hydrogens is 362 g/mol. The third-order valence-electron chi connectivity index (χ3n) is 4.14. The van der Waals surface area contributed by atoms with Crippen LogP contribution < -0.4 is 20.6 Å². The summed E-state index contributed by atoms with van der Waals surface area (Å²) >= 11 is 0. The number of aryl methyl sites for hydroxylation is 1. The summed E-state index contributed by atoms with van der Waals surface area (Å²) in [7, 11) is 7.20. The average molecular weight is 378 g/mol. The number of nitriles is 1. The minimum atomic E-state index is -0.783. The molecule has 7 nitrogen and oxygen atoms in total. The first-order valence-electron chi connectivity index (χ1n) is 8.46. The largest absolute Gasteiger partial charge is 0.482 e. The summed E-state index contributed by atoms with van der Waals surface area (Å²) in [4.78, 5) is 11.4. The van der Waals surface area contributed by atoms with Crippen molar-refractivity contribution in [2.75, 3.05) is 0 Å². The predicted octanol–water partition coefficient (Wildman–Crippen LogP) is 1.85. The zero-order chi connectivity index (χ0) is 20.3. The summed E-state index contributed by atoms with van der Waals surface area (Å²) in [6.07, 6.45) is 0.682. The number of benzene rings is 2. The fraction of sp³-hybridized carbons (Fsp3) is 0.211. The van der Waals surface area contributed by atoms with E-state index in [4.69, 9.17) is 17.3 Å². The van der Waals surface area contributed by atoms with Gasteiger partial charge in [-0.15, -0.1) is 0 Å². The van der Waals surface area contributed by atoms with Gasteiger partial charge >= 0.3 is 5.69 Å². The van der Waals surface area contributed by atoms with Crippen molar-refractivity contribution in [2.45, 2.75) is 20.0 Å². The standard InChI is InChI=1S/C19H16BFN4O3/c1-3-11-6-12(9-22)8-13(7-11)28-18-15(5-4-14(20)17(18)21)27-10-16-23-24-19(26)25(16)2/h4-8H,3,10H2,1-2H3,(H,24,26). The third kappa shape index (κ3) is 3.91. The lowest BCUT2D eigenvalue weighted by atomic mass is 9.95. The summed E-state index contributed by atoms with van der Waals surface area (Å²) in [5.41, 5.74) is 0.764. The fourth-order valence-electron chi connectivity index (χ4n) is 2.52. The number of aromatic amines is 1. The van der Waals surface area contributed by atoms with Gasteiger partial charge in [0.25, 0.3) is 0 Å². The van der Waals surface area contributed by atoms with Crippen LogP contribution in [0.4, 0.5) is 4.39 Å². The van der Waals surface area contributed by atoms with Gasteiger partial charge < -0.3 is 9.47 Å². The second kappa shape index (κ2) is 8.00. The van der Waals surface area contributed by atoms with E-state index in [9.17, 15) is 14.4 Å². The predicted molar refractivity (Wildman–Crippen MR) is 101 cm³/mol. The van der Waals surface area contributed by atoms with E-state index in [2.05, 4.69) is 10.2 Å². The number of ether oxygens (including phenoxy) is 2. The van der Waals surface area contributed by atoms with E-state index in [0.29, 0.717) is 17.8 Å². The molecule has 0 unspecified atom stereocenters. The van der Waals surface area contributed by atoms with Crippen LogP contribution in [-0.4, -0.2) is 22.6 Å². The quantitative estimate of drug-likeness (QED) is 0.661. The van der Waals surface area contributed by atoms with Gasteiger partial charge in [-0.25, -0.2) is 14.3 Å². The van der Waals surface area contributed by atoms with Crippen LogP contribution in [-0.2, 0) is 20.1 Å². The molecule has 0 spiro atoms. The number of H-pyrrole nitrogens is 1. The molecule has 0 fully saturated rings. The molecule has 2 radical (unpaired) electrons. The molecule has 0 saturated carbocycles. The molecule has 1 N–H and O–H groups in total. The molecular formula is C19H16BFN4O3. The summed E-state index contributed by atoms with van der Waals surface area (Å²) in [6, 6.07) is 9.82. The Kier molecular flexibility index (Phi) is 5.50. The van der Waals surface area contributed by atoms with Crippen molar-refractivity contribution < 1.29 is 13.9 Å². The molecule has 0 saturated heterocycles. The van der Waals surface area contributed by atoms with Crippen molar-refractivity contribution in [3.05, 3.63) is 63.6 Å². The van der Waals surface area contributed by atoms with Gasteiger partial charge in [-0.2, -0.15) is 10.4 Å². The highest BCUT2D eigenvalue weighted by molar-refractivity contribution is 6.32. The van der Waals surface area contributed by atoms with Gasteiger partial charge in [0.05, 0.1) is 11.6 Å². The lowest BCUT2D eigenvalue weighted by Gasteiger charge is -2.15. The Morgan fingerprint density at radius 1 is 1.36 bits per heavy atom. The van der Waals surface area contributed by atoms with Gasteiger partial charge in [-0.05, 0) is 36.2 Å². The average Bonchev–Trinajstić information content (AvgIpc) is 3.02. The fourth-order valence-corrected chi connectivity index (χ4v) is 2.52. The van der Waals surface area contributed by atoms with E-state index in [1.54, 1.807) is 12.1 Å². The minimum Gasteiger partial charge on any atom is -0.482 e. The van der Waals surface area contributed by atoms with Gasteiger partial charge in [0, 0.05) is 7.05 Å². The topological polar surface area (TPSA) is 92.9 Å². The molecule has 1 aromatic heterocycles. The maximum atomic E-state index is 14.6. The second-order valence-corrected chi connectivity index (χ2v) is 6.02. The van der Waals surface area contributed by atoms with E-state index in [0.717, 1.165) is 5.56 Å². The summed E-state index contributed by atoms with van der Waals surface area (Å²) < 4.78 is 27.2. The van der Waals surface area contributed by atoms with Crippen LogP contribution >= 0.6 is 0 Å². The SMILES string of the molecule is [B]c1ccc(OCc2n[nH]c(=O)n2C)c(Oc2cc(C#N)cc(CC)c2)c1F. The van der Waals surface area contributed by atoms with Crippen LogP contribution in [0.1, 0.15) is 23.9 Å². The van der Waals surface area contributed by atoms with E-state index in [-0.39, 0.29) is 35.0 Å². The van der Waals surface area contributed by atoms with Crippen molar-refractivity contribution in [1.82, 2.24) is 14.8 Å². The van der Waals surface area contributed by atoms with Gasteiger partial charge in [0.1, 0.15) is 20.2 Å². The van der Waals surface area contributed by atoms with Crippen LogP contribution in [0.15, 0.2) is 35.1 Å². The van der Waals surface area contributed by atoms with E-state index in [1.807, 2.05) is 13.0 Å². The third-order valence-corrected chi connectivity index (χ3v) is 4.14. The monoisotopic (exact) mass is 378 g/mol. The van der Waals surface area contributed by atoms with Crippen molar-refractivity contribution in [1.29, 1.82) is 5.26 Å². The Bertz CT molecular complexity index is 1120. The van der Waals surface area contributed by atoms with Gasteiger partial charge in [0.2, 0.25) is 5.75 Å². The number of hydrogen-bond donors (Lipinski definition) is 1. The van der Waals surface area contributed by atoms with Crippen LogP contribution in [0.3, 0.4) is 0 Å². The number of aromatic nitrogens is 3. The number of rotatable bonds is 6. The van der Waals surface area contributed by atoms with Crippen LogP contribution in [0.25, 0.3) is 0 Å². The Balaban J connectivity index is 1.94. The molecule has 3 rings (SSSR count). The molecule has 3 aromatic rings. The Hall–Kier alpha value is -3.54. The smallest absolute Gasteiger partial charge is 0.343 e. The highest BCUT2D eigenvalue weighted by Crippen LogP contribution is 2.34. The van der Waals surface area contributed by atoms with Crippen molar-refractivity contribution in [2.24, 2.45) is 7.05 Å². The van der Waals surface area contributed by atoms with Gasteiger partial charge in [-0.1, -0.05) is 18.5 Å². The van der Waals surface area contributed by atoms with Crippen molar-refractivity contribution in [3.8, 4) is 23.3 Å². The first-order valence-corrected chi connectivity index (χ1v) is 8.46. The second-order valence-electron chi connectivity index (χ2n) is 6.02. The lowest BCUT2D eigenvalue weighted by Crippen LogP contribution is -2.16. The molecule has 0 bridgehead atoms. The lowest BCUT2D eigenvalue weighted by molar-refractivity contribution is 0.274. The van der Waals surface area contributed by atoms with Crippen molar-refractivity contribution >= 4 is 13.3 Å². The molecule has 28 heavy (non-hydrogen) atoms. The number of nitrogens with one attached hydrogen (secondary N) is 1. The molecule has 0 aliphatic carbocycles. The van der Waals surface area contributed by atoms with Gasteiger partial charge in [0.15, 0.2) is 17.4 Å². The van der Waals surface area contributed by atoms with E-state index >= 15 is 0 Å². The Morgan fingerprint density at radius 2 is 2.14 bits per heavy atom. The molecule has 0 atom stereocenters. The maximum absolute atomic E-state index is 14.6. The Morgan fingerprint density at radius 3 is 2.79 bits per heavy atom. The summed E-state index contributed by atoms with van der Waals surface area (Å²) in [5, 5.41) is 15.3. The normalized spacial score (nSPS) is 10.5. The molecule has 140 valence electrons. The van der Waals surface area contributed by atoms with Crippen LogP contribution in [0.5, 0.6) is 17.2 Å². The van der Waals surface area contributed by atoms with E-state index in [1.165, 1.54) is 29.8 Å². The van der Waals surface area contributed by atoms with Crippen LogP contribution in [0.2, 0.25) is 0 Å². The summed E-state index contributed by atoms with van der Waals surface area (Å²) in [6.45, 7) is 1.84. The maximum Gasteiger partial charge on any atom is 0.343 e. The highest BCUT2D eigenvalue weighted by Gasteiger charge is 2.17. The molecule has 9 heteroatoms. The molecule has 0 aliphatic rings. The first kappa shape index (κ1) is 19.2. The molecule has 2 aromatic carbocycles. The highest BCUT2D eigenvalue weighted by atomic mass is 19.1. The molecule has 0 aliphatic heterocycles. The van der Waals surface area contributed by atoms with E-state index < -0.39 is 5.82 Å². The molecule has 1 heterocycles. The minimum absolute atomic E-state index is 0.0857. The van der Waals surface area contributed by atoms with Crippen LogP contribution in [0, 0.1) is 17.1 Å². The van der Waals surface area contributed by atoms with Gasteiger partial charge in [-0.3, -0.25) is 4.57 Å². The number of halogens is 1. The van der Waals surface area contributed by atoms with Crippen molar-refractivity contribution in [3.63, 3.8) is 0 Å². The number of nitrogens with zero attached hydrogens (tertiary/aromatic N) is 3. The summed E-state index contributed by atoms with van der Waals surface area (Å²) in [5.74, 6) is -0.292. The zero-order valence-electron chi connectivity index (χ0n) is 15.3. The molecule has 0 amide bonds.